The molecule has 0 heterocycles. The van der Waals surface area contributed by atoms with Crippen LogP contribution in [0.3, 0.4) is 0 Å². The number of para-hydroxylation sites is 1. The van der Waals surface area contributed by atoms with E-state index in [4.69, 9.17) is 10.5 Å². The summed E-state index contributed by atoms with van der Waals surface area (Å²) in [5, 5.41) is 0. The molecule has 1 rings (SSSR count). The van der Waals surface area contributed by atoms with Crippen LogP contribution in [0.5, 0.6) is 5.75 Å². The lowest BCUT2D eigenvalue weighted by Crippen LogP contribution is -2.44. The van der Waals surface area contributed by atoms with E-state index in [0.29, 0.717) is 5.75 Å². The monoisotopic (exact) mass is 334 g/mol. The van der Waals surface area contributed by atoms with Crippen LogP contribution in [-0.4, -0.2) is 16.4 Å². The van der Waals surface area contributed by atoms with Crippen molar-refractivity contribution in [2.75, 3.05) is 7.11 Å². The fourth-order valence-electron chi connectivity index (χ4n) is 1.34. The Kier molecular flexibility index (Phi) is 5.48. The van der Waals surface area contributed by atoms with Crippen LogP contribution in [0.25, 0.3) is 0 Å². The van der Waals surface area contributed by atoms with Crippen molar-refractivity contribution in [1.29, 1.82) is 0 Å². The third-order valence-corrected chi connectivity index (χ3v) is 4.53. The first-order valence-corrected chi connectivity index (χ1v) is 7.47. The molecular weight excluding hydrogens is 316 g/mol. The summed E-state index contributed by atoms with van der Waals surface area (Å²) in [7, 11) is 1.58. The van der Waals surface area contributed by atoms with Crippen LogP contribution in [0.4, 0.5) is 0 Å². The van der Waals surface area contributed by atoms with Gasteiger partial charge < -0.3 is 15.0 Å². The average molecular weight is 335 g/mol. The van der Waals surface area contributed by atoms with Gasteiger partial charge in [0.05, 0.1) is 11.6 Å². The molecular formula is C12H19BrN2O2S. The van der Waals surface area contributed by atoms with Crippen molar-refractivity contribution in [1.82, 2.24) is 4.72 Å². The number of methoxy groups -OCH3 is 1. The molecule has 0 saturated carbocycles. The summed E-state index contributed by atoms with van der Waals surface area (Å²) in [5.74, 6) is 0.656. The predicted molar refractivity (Wildman–Crippen MR) is 78.7 cm³/mol. The van der Waals surface area contributed by atoms with E-state index in [1.165, 1.54) is 0 Å². The second-order valence-corrected chi connectivity index (χ2v) is 7.69. The molecule has 2 atom stereocenters. The molecule has 0 aliphatic heterocycles. The van der Waals surface area contributed by atoms with Gasteiger partial charge >= 0.3 is 0 Å². The Labute approximate surface area is 120 Å². The van der Waals surface area contributed by atoms with Gasteiger partial charge in [0.25, 0.3) is 0 Å². The lowest BCUT2D eigenvalue weighted by atomic mass is 10.1. The maximum Gasteiger partial charge on any atom is 0.139 e. The number of nitrogens with two attached hydrogens (primary N) is 1. The largest absolute Gasteiger partial charge is 0.598 e. The number of hydrogen-bond acceptors (Lipinski definition) is 4. The minimum Gasteiger partial charge on any atom is -0.598 e. The molecule has 4 nitrogen and oxygen atoms in total. The summed E-state index contributed by atoms with van der Waals surface area (Å²) in [6.45, 7) is 5.67. The molecule has 0 fully saturated rings. The van der Waals surface area contributed by atoms with E-state index in [0.717, 1.165) is 10.0 Å². The standard InChI is InChI=1S/C12H19BrN2O2S/c1-12(2,3)18(16)15-11(14)8-6-5-7-9(13)10(8)17-4/h5-7,11,15H,14H2,1-4H3/t11-,18?/m0/s1. The minimum absolute atomic E-state index is 0.364. The Morgan fingerprint density at radius 2 is 2.06 bits per heavy atom. The molecule has 0 amide bonds. The minimum atomic E-state index is -1.23. The Bertz CT molecular complexity index is 410. The van der Waals surface area contributed by atoms with E-state index in [1.54, 1.807) is 7.11 Å². The molecule has 0 saturated heterocycles. The number of rotatable bonds is 4. The molecule has 6 heteroatoms. The molecule has 0 aromatic heterocycles. The van der Waals surface area contributed by atoms with Crippen LogP contribution in [0.2, 0.25) is 0 Å². The van der Waals surface area contributed by atoms with Gasteiger partial charge in [0, 0.05) is 16.9 Å². The van der Waals surface area contributed by atoms with Gasteiger partial charge in [0.2, 0.25) is 0 Å². The third-order valence-electron chi connectivity index (χ3n) is 2.33. The van der Waals surface area contributed by atoms with Crippen molar-refractivity contribution < 1.29 is 9.29 Å². The van der Waals surface area contributed by atoms with Gasteiger partial charge in [0.1, 0.15) is 16.7 Å². The Hall–Kier alpha value is -0.270. The van der Waals surface area contributed by atoms with E-state index in [-0.39, 0.29) is 4.75 Å². The first-order chi connectivity index (χ1) is 8.27. The van der Waals surface area contributed by atoms with E-state index in [9.17, 15) is 4.55 Å². The number of hydrogen-bond donors (Lipinski definition) is 2. The van der Waals surface area contributed by atoms with E-state index >= 15 is 0 Å². The summed E-state index contributed by atoms with van der Waals surface area (Å²) in [6, 6.07) is 5.58. The first kappa shape index (κ1) is 15.8. The lowest BCUT2D eigenvalue weighted by molar-refractivity contribution is 0.401. The van der Waals surface area contributed by atoms with E-state index < -0.39 is 17.5 Å². The molecule has 3 N–H and O–H groups in total. The molecule has 1 aromatic carbocycles. The van der Waals surface area contributed by atoms with Crippen LogP contribution in [0.1, 0.15) is 32.5 Å². The highest BCUT2D eigenvalue weighted by Crippen LogP contribution is 2.31. The van der Waals surface area contributed by atoms with Gasteiger partial charge in [0.15, 0.2) is 0 Å². The van der Waals surface area contributed by atoms with Gasteiger partial charge in [-0.2, -0.15) is 0 Å². The first-order valence-electron chi connectivity index (χ1n) is 5.53. The fraction of sp³-hybridized carbons (Fsp3) is 0.500. The topological polar surface area (TPSA) is 70.3 Å². The zero-order chi connectivity index (χ0) is 13.9. The second kappa shape index (κ2) is 6.25. The van der Waals surface area contributed by atoms with Crippen molar-refractivity contribution >= 4 is 27.3 Å². The summed E-state index contributed by atoms with van der Waals surface area (Å²) in [5.41, 5.74) is 6.80. The average Bonchev–Trinajstić information content (AvgIpc) is 2.27. The highest BCUT2D eigenvalue weighted by atomic mass is 79.9. The molecule has 1 unspecified atom stereocenters. The van der Waals surface area contributed by atoms with Gasteiger partial charge in [-0.3, -0.25) is 0 Å². The highest BCUT2D eigenvalue weighted by molar-refractivity contribution is 9.10. The SMILES string of the molecule is COc1c(Br)cccc1[C@@H](N)N[S+]([O-])C(C)(C)C. The quantitative estimate of drug-likeness (QED) is 0.655. The molecule has 18 heavy (non-hydrogen) atoms. The molecule has 0 bridgehead atoms. The van der Waals surface area contributed by atoms with Crippen LogP contribution < -0.4 is 15.2 Å². The summed E-state index contributed by atoms with van der Waals surface area (Å²) in [6.07, 6.45) is -0.544. The highest BCUT2D eigenvalue weighted by Gasteiger charge is 2.29. The Balaban J connectivity index is 2.91. The number of benzene rings is 1. The number of halogens is 1. The van der Waals surface area contributed by atoms with Crippen molar-refractivity contribution in [2.24, 2.45) is 5.73 Å². The molecule has 1 aromatic rings. The molecule has 102 valence electrons. The maximum absolute atomic E-state index is 12.0. The molecule has 0 aliphatic carbocycles. The number of nitrogens with one attached hydrogen (secondary N) is 1. The van der Waals surface area contributed by atoms with Crippen LogP contribution >= 0.6 is 15.9 Å². The van der Waals surface area contributed by atoms with Crippen LogP contribution in [0, 0.1) is 0 Å². The Morgan fingerprint density at radius 1 is 1.44 bits per heavy atom. The Morgan fingerprint density at radius 3 is 2.56 bits per heavy atom. The van der Waals surface area contributed by atoms with E-state index in [1.807, 2.05) is 39.0 Å². The summed E-state index contributed by atoms with van der Waals surface area (Å²) < 4.78 is 20.6. The maximum atomic E-state index is 12.0. The van der Waals surface area contributed by atoms with Crippen molar-refractivity contribution in [3.63, 3.8) is 0 Å². The lowest BCUT2D eigenvalue weighted by Gasteiger charge is -2.27. The second-order valence-electron chi connectivity index (χ2n) is 4.84. The van der Waals surface area contributed by atoms with Crippen molar-refractivity contribution in [2.45, 2.75) is 31.7 Å². The van der Waals surface area contributed by atoms with Gasteiger partial charge in [-0.05, 0) is 42.8 Å². The molecule has 0 spiro atoms. The van der Waals surface area contributed by atoms with Crippen molar-refractivity contribution in [3.8, 4) is 5.75 Å². The molecule has 0 radical (unpaired) electrons. The smallest absolute Gasteiger partial charge is 0.139 e. The normalized spacial score (nSPS) is 15.3. The van der Waals surface area contributed by atoms with Crippen molar-refractivity contribution in [3.05, 3.63) is 28.2 Å². The van der Waals surface area contributed by atoms with Crippen LogP contribution in [0.15, 0.2) is 22.7 Å². The summed E-state index contributed by atoms with van der Waals surface area (Å²) in [4.78, 5) is 0. The summed E-state index contributed by atoms with van der Waals surface area (Å²) >= 11 is 2.17. The van der Waals surface area contributed by atoms with Gasteiger partial charge in [-0.25, -0.2) is 0 Å². The fourth-order valence-corrected chi connectivity index (χ4v) is 2.60. The zero-order valence-electron chi connectivity index (χ0n) is 11.0. The van der Waals surface area contributed by atoms with Gasteiger partial charge in [-0.1, -0.05) is 12.1 Å². The van der Waals surface area contributed by atoms with Crippen LogP contribution in [-0.2, 0) is 11.4 Å². The van der Waals surface area contributed by atoms with E-state index in [2.05, 4.69) is 20.7 Å². The predicted octanol–water partition coefficient (Wildman–Crippen LogP) is 2.47. The molecule has 0 aliphatic rings. The van der Waals surface area contributed by atoms with Gasteiger partial charge in [-0.15, -0.1) is 4.72 Å². The number of ether oxygens (including phenoxy) is 1. The zero-order valence-corrected chi connectivity index (χ0v) is 13.4. The third kappa shape index (κ3) is 3.86.